The third kappa shape index (κ3) is 3.82. The van der Waals surface area contributed by atoms with Crippen LogP contribution in [0.2, 0.25) is 0 Å². The third-order valence-electron chi connectivity index (χ3n) is 4.65. The largest absolute Gasteiger partial charge is 0.508 e. The van der Waals surface area contributed by atoms with Gasteiger partial charge in [-0.25, -0.2) is 9.89 Å². The minimum absolute atomic E-state index is 0.108. The van der Waals surface area contributed by atoms with Crippen LogP contribution >= 0.6 is 0 Å². The second-order valence-electron chi connectivity index (χ2n) is 6.28. The van der Waals surface area contributed by atoms with Crippen LogP contribution in [0.3, 0.4) is 0 Å². The summed E-state index contributed by atoms with van der Waals surface area (Å²) in [6.07, 6.45) is 3.10. The van der Waals surface area contributed by atoms with Gasteiger partial charge in [0.25, 0.3) is 0 Å². The lowest BCUT2D eigenvalue weighted by molar-refractivity contribution is 0.175. The number of likely N-dealkylation sites (tertiary alicyclic amines) is 1. The topological polar surface area (TPSA) is 74.2 Å². The fourth-order valence-corrected chi connectivity index (χ4v) is 3.35. The number of piperidine rings is 1. The SMILES string of the molecule is CCn1c(CC2CCN(Cc3cccc(O)c3)CC2)n[nH]c1=O. The monoisotopic (exact) mass is 316 g/mol. The van der Waals surface area contributed by atoms with E-state index in [0.29, 0.717) is 18.2 Å². The number of aromatic nitrogens is 3. The minimum Gasteiger partial charge on any atom is -0.508 e. The maximum Gasteiger partial charge on any atom is 0.343 e. The van der Waals surface area contributed by atoms with E-state index in [1.165, 1.54) is 0 Å². The number of nitrogens with zero attached hydrogens (tertiary/aromatic N) is 3. The van der Waals surface area contributed by atoms with Gasteiger partial charge in [0.1, 0.15) is 11.6 Å². The summed E-state index contributed by atoms with van der Waals surface area (Å²) in [4.78, 5) is 14.0. The summed E-state index contributed by atoms with van der Waals surface area (Å²) in [5.74, 6) is 1.79. The molecule has 1 aliphatic rings. The van der Waals surface area contributed by atoms with Crippen LogP contribution < -0.4 is 5.69 Å². The Morgan fingerprint density at radius 1 is 1.35 bits per heavy atom. The highest BCUT2D eigenvalue weighted by atomic mass is 16.3. The lowest BCUT2D eigenvalue weighted by Crippen LogP contribution is -2.34. The summed E-state index contributed by atoms with van der Waals surface area (Å²) in [5.41, 5.74) is 1.04. The number of hydrogen-bond donors (Lipinski definition) is 2. The fraction of sp³-hybridized carbons (Fsp3) is 0.529. The summed E-state index contributed by atoms with van der Waals surface area (Å²) in [6, 6.07) is 7.47. The van der Waals surface area contributed by atoms with Crippen molar-refractivity contribution < 1.29 is 5.11 Å². The molecule has 0 aliphatic carbocycles. The van der Waals surface area contributed by atoms with Crippen LogP contribution in [0.15, 0.2) is 29.1 Å². The summed E-state index contributed by atoms with van der Waals surface area (Å²) in [6.45, 7) is 5.60. The Labute approximate surface area is 135 Å². The highest BCUT2D eigenvalue weighted by Crippen LogP contribution is 2.22. The van der Waals surface area contributed by atoms with Gasteiger partial charge in [-0.3, -0.25) is 9.47 Å². The van der Waals surface area contributed by atoms with Crippen LogP contribution in [0.4, 0.5) is 0 Å². The molecule has 1 aromatic heterocycles. The van der Waals surface area contributed by atoms with Crippen molar-refractivity contribution in [2.75, 3.05) is 13.1 Å². The van der Waals surface area contributed by atoms with Crippen molar-refractivity contribution in [3.8, 4) is 5.75 Å². The molecule has 0 amide bonds. The van der Waals surface area contributed by atoms with Gasteiger partial charge in [-0.1, -0.05) is 12.1 Å². The zero-order chi connectivity index (χ0) is 16.2. The molecule has 1 aliphatic heterocycles. The molecule has 0 saturated carbocycles. The molecule has 1 saturated heterocycles. The smallest absolute Gasteiger partial charge is 0.343 e. The molecule has 0 atom stereocenters. The molecule has 124 valence electrons. The van der Waals surface area contributed by atoms with E-state index in [0.717, 1.165) is 50.3 Å². The van der Waals surface area contributed by atoms with Crippen LogP contribution in [0, 0.1) is 5.92 Å². The van der Waals surface area contributed by atoms with E-state index in [2.05, 4.69) is 21.2 Å². The van der Waals surface area contributed by atoms with Crippen molar-refractivity contribution in [3.63, 3.8) is 0 Å². The van der Waals surface area contributed by atoms with E-state index in [-0.39, 0.29) is 5.69 Å². The molecule has 1 aromatic carbocycles. The molecule has 1 fully saturated rings. The number of aromatic amines is 1. The van der Waals surface area contributed by atoms with Crippen molar-refractivity contribution in [2.45, 2.75) is 39.3 Å². The third-order valence-corrected chi connectivity index (χ3v) is 4.65. The fourth-order valence-electron chi connectivity index (χ4n) is 3.35. The van der Waals surface area contributed by atoms with E-state index >= 15 is 0 Å². The summed E-state index contributed by atoms with van der Waals surface area (Å²) in [5, 5.41) is 16.3. The molecule has 23 heavy (non-hydrogen) atoms. The summed E-state index contributed by atoms with van der Waals surface area (Å²) < 4.78 is 1.72. The average molecular weight is 316 g/mol. The number of hydrogen-bond acceptors (Lipinski definition) is 4. The van der Waals surface area contributed by atoms with Crippen molar-refractivity contribution in [1.82, 2.24) is 19.7 Å². The van der Waals surface area contributed by atoms with Gasteiger partial charge in [-0.2, -0.15) is 5.10 Å². The van der Waals surface area contributed by atoms with Gasteiger partial charge < -0.3 is 5.11 Å². The standard InChI is InChI=1S/C17H24N4O2/c1-2-21-16(18-19-17(21)23)11-13-6-8-20(9-7-13)12-14-4-3-5-15(22)10-14/h3-5,10,13,22H,2,6-9,11-12H2,1H3,(H,19,23). The first-order valence-electron chi connectivity index (χ1n) is 8.30. The Morgan fingerprint density at radius 2 is 2.13 bits per heavy atom. The molecule has 2 N–H and O–H groups in total. The van der Waals surface area contributed by atoms with Crippen molar-refractivity contribution >= 4 is 0 Å². The predicted molar refractivity (Wildman–Crippen MR) is 88.3 cm³/mol. The van der Waals surface area contributed by atoms with Gasteiger partial charge >= 0.3 is 5.69 Å². The molecule has 0 radical (unpaired) electrons. The van der Waals surface area contributed by atoms with Crippen LogP contribution in [-0.2, 0) is 19.5 Å². The minimum atomic E-state index is -0.108. The first-order valence-corrected chi connectivity index (χ1v) is 8.30. The maximum absolute atomic E-state index is 11.6. The number of rotatable bonds is 5. The lowest BCUT2D eigenvalue weighted by atomic mass is 9.93. The molecule has 2 aromatic rings. The molecule has 0 unspecified atom stereocenters. The number of phenolic OH excluding ortho intramolecular Hbond substituents is 1. The van der Waals surface area contributed by atoms with Gasteiger partial charge in [0.05, 0.1) is 0 Å². The highest BCUT2D eigenvalue weighted by Gasteiger charge is 2.21. The van der Waals surface area contributed by atoms with E-state index in [1.54, 1.807) is 10.6 Å². The van der Waals surface area contributed by atoms with Gasteiger partial charge in [0.2, 0.25) is 0 Å². The van der Waals surface area contributed by atoms with Crippen molar-refractivity contribution in [1.29, 1.82) is 0 Å². The molecule has 6 heteroatoms. The molecule has 0 spiro atoms. The van der Waals surface area contributed by atoms with Gasteiger partial charge in [-0.15, -0.1) is 0 Å². The number of nitrogens with one attached hydrogen (secondary N) is 1. The van der Waals surface area contributed by atoms with Gasteiger partial charge in [0, 0.05) is 19.5 Å². The molecule has 0 bridgehead atoms. The summed E-state index contributed by atoms with van der Waals surface area (Å²) >= 11 is 0. The van der Waals surface area contributed by atoms with E-state index in [1.807, 2.05) is 19.1 Å². The molecule has 2 heterocycles. The van der Waals surface area contributed by atoms with E-state index in [4.69, 9.17) is 0 Å². The van der Waals surface area contributed by atoms with Crippen LogP contribution in [-0.4, -0.2) is 37.9 Å². The highest BCUT2D eigenvalue weighted by molar-refractivity contribution is 5.27. The van der Waals surface area contributed by atoms with Crippen LogP contribution in [0.1, 0.15) is 31.2 Å². The van der Waals surface area contributed by atoms with Crippen molar-refractivity contribution in [3.05, 3.63) is 46.1 Å². The normalized spacial score (nSPS) is 16.7. The second kappa shape index (κ2) is 7.00. The Morgan fingerprint density at radius 3 is 2.83 bits per heavy atom. The van der Waals surface area contributed by atoms with Gasteiger partial charge in [0.15, 0.2) is 0 Å². The molecular formula is C17H24N4O2. The Balaban J connectivity index is 1.53. The quantitative estimate of drug-likeness (QED) is 0.881. The maximum atomic E-state index is 11.6. The Bertz CT molecular complexity index is 699. The lowest BCUT2D eigenvalue weighted by Gasteiger charge is -2.31. The molecule has 3 rings (SSSR count). The Hall–Kier alpha value is -2.08. The molecule has 6 nitrogen and oxygen atoms in total. The predicted octanol–water partition coefficient (Wildman–Crippen LogP) is 1.75. The van der Waals surface area contributed by atoms with E-state index in [9.17, 15) is 9.90 Å². The number of benzene rings is 1. The summed E-state index contributed by atoms with van der Waals surface area (Å²) in [7, 11) is 0. The van der Waals surface area contributed by atoms with E-state index < -0.39 is 0 Å². The average Bonchev–Trinajstić information content (AvgIpc) is 2.89. The van der Waals surface area contributed by atoms with Crippen LogP contribution in [0.5, 0.6) is 5.75 Å². The first kappa shape index (κ1) is 15.8. The number of aromatic hydroxyl groups is 1. The second-order valence-corrected chi connectivity index (χ2v) is 6.28. The number of phenols is 1. The zero-order valence-electron chi connectivity index (χ0n) is 13.5. The zero-order valence-corrected chi connectivity index (χ0v) is 13.5. The van der Waals surface area contributed by atoms with Crippen molar-refractivity contribution in [2.24, 2.45) is 5.92 Å². The van der Waals surface area contributed by atoms with Crippen LogP contribution in [0.25, 0.3) is 0 Å². The number of H-pyrrole nitrogens is 1. The Kier molecular flexibility index (Phi) is 4.81. The molecular weight excluding hydrogens is 292 g/mol. The van der Waals surface area contributed by atoms with Gasteiger partial charge in [-0.05, 0) is 56.5 Å². The first-order chi connectivity index (χ1) is 11.2.